The number of hydrogen-bond donors (Lipinski definition) is 2. The first-order valence-corrected chi connectivity index (χ1v) is 11.1. The van der Waals surface area contributed by atoms with Crippen LogP contribution in [-0.2, 0) is 22.7 Å². The number of piperazine rings is 1. The minimum atomic E-state index is -0.679. The van der Waals surface area contributed by atoms with Crippen LogP contribution in [-0.4, -0.2) is 36.7 Å². The fourth-order valence-corrected chi connectivity index (χ4v) is 3.76. The largest absolute Gasteiger partial charge is 0.445 e. The molecule has 3 aromatic carbocycles. The molecule has 1 saturated heterocycles. The van der Waals surface area contributed by atoms with Gasteiger partial charge in [0.05, 0.1) is 6.04 Å². The Hall–Kier alpha value is -3.91. The van der Waals surface area contributed by atoms with Crippen LogP contribution in [0.5, 0.6) is 0 Å². The lowest BCUT2D eigenvalue weighted by Crippen LogP contribution is -2.49. The standard InChI is InChI=1S/C26H26FN3O4/c27-23-15-21(29-25(31)33-17-19-7-3-1-4-8-19)11-12-22(23)24-16-28-13-14-30(24)26(32)34-18-20-9-5-2-6-10-20/h1-12,15,24,28H,13-14,16-18H2,(H,29,31). The van der Waals surface area contributed by atoms with Crippen LogP contribution in [0.4, 0.5) is 19.7 Å². The molecule has 8 heteroatoms. The maximum absolute atomic E-state index is 15.0. The van der Waals surface area contributed by atoms with Gasteiger partial charge in [0.25, 0.3) is 0 Å². The highest BCUT2D eigenvalue weighted by atomic mass is 19.1. The first-order valence-electron chi connectivity index (χ1n) is 11.1. The third kappa shape index (κ3) is 6.11. The van der Waals surface area contributed by atoms with E-state index in [0.29, 0.717) is 25.2 Å². The fraction of sp³-hybridized carbons (Fsp3) is 0.231. The normalized spacial score (nSPS) is 15.4. The van der Waals surface area contributed by atoms with Crippen LogP contribution >= 0.6 is 0 Å². The van der Waals surface area contributed by atoms with E-state index >= 15 is 4.39 Å². The van der Waals surface area contributed by atoms with E-state index in [2.05, 4.69) is 10.6 Å². The first-order chi connectivity index (χ1) is 16.6. The van der Waals surface area contributed by atoms with Crippen LogP contribution in [0.15, 0.2) is 78.9 Å². The number of carbonyl (C=O) groups excluding carboxylic acids is 2. The summed E-state index contributed by atoms with van der Waals surface area (Å²) in [5, 5.41) is 5.73. The average molecular weight is 464 g/mol. The van der Waals surface area contributed by atoms with E-state index in [-0.39, 0.29) is 18.9 Å². The molecule has 176 valence electrons. The third-order valence-corrected chi connectivity index (χ3v) is 5.50. The second-order valence-electron chi connectivity index (χ2n) is 7.88. The van der Waals surface area contributed by atoms with Crippen LogP contribution in [0.2, 0.25) is 0 Å². The SMILES string of the molecule is O=C(Nc1ccc(C2CNCCN2C(=O)OCc2ccccc2)c(F)c1)OCc1ccccc1. The van der Waals surface area contributed by atoms with Crippen LogP contribution < -0.4 is 10.6 Å². The molecule has 4 rings (SSSR count). The highest BCUT2D eigenvalue weighted by molar-refractivity contribution is 5.84. The van der Waals surface area contributed by atoms with Gasteiger partial charge in [0.15, 0.2) is 0 Å². The van der Waals surface area contributed by atoms with Crippen molar-refractivity contribution >= 4 is 17.9 Å². The third-order valence-electron chi connectivity index (χ3n) is 5.50. The number of nitrogens with zero attached hydrogens (tertiary/aromatic N) is 1. The van der Waals surface area contributed by atoms with Crippen molar-refractivity contribution in [3.63, 3.8) is 0 Å². The Bertz CT molecular complexity index is 1110. The van der Waals surface area contributed by atoms with Gasteiger partial charge in [-0.05, 0) is 23.3 Å². The number of benzene rings is 3. The van der Waals surface area contributed by atoms with Crippen molar-refractivity contribution in [3.8, 4) is 0 Å². The van der Waals surface area contributed by atoms with E-state index < -0.39 is 24.0 Å². The summed E-state index contributed by atoms with van der Waals surface area (Å²) in [6.45, 7) is 1.63. The van der Waals surface area contributed by atoms with Gasteiger partial charge in [0, 0.05) is 30.9 Å². The van der Waals surface area contributed by atoms with Crippen molar-refractivity contribution in [3.05, 3.63) is 101 Å². The Morgan fingerprint density at radius 2 is 1.59 bits per heavy atom. The summed E-state index contributed by atoms with van der Waals surface area (Å²) in [6, 6.07) is 22.5. The van der Waals surface area contributed by atoms with Gasteiger partial charge >= 0.3 is 12.2 Å². The van der Waals surface area contributed by atoms with Crippen molar-refractivity contribution < 1.29 is 23.5 Å². The molecule has 0 aliphatic carbocycles. The summed E-state index contributed by atoms with van der Waals surface area (Å²) in [4.78, 5) is 26.4. The van der Waals surface area contributed by atoms with Gasteiger partial charge in [0.2, 0.25) is 0 Å². The number of rotatable bonds is 6. The molecule has 1 fully saturated rings. The summed E-state index contributed by atoms with van der Waals surface area (Å²) in [6.07, 6.45) is -1.18. The van der Waals surface area contributed by atoms with Gasteiger partial charge in [-0.15, -0.1) is 0 Å². The molecule has 3 aromatic rings. The summed E-state index contributed by atoms with van der Waals surface area (Å²) >= 11 is 0. The molecule has 1 heterocycles. The van der Waals surface area contributed by atoms with E-state index in [0.717, 1.165) is 11.1 Å². The van der Waals surface area contributed by atoms with Crippen LogP contribution in [0.3, 0.4) is 0 Å². The van der Waals surface area contributed by atoms with Gasteiger partial charge in [-0.25, -0.2) is 14.0 Å². The van der Waals surface area contributed by atoms with Crippen LogP contribution in [0.25, 0.3) is 0 Å². The fourth-order valence-electron chi connectivity index (χ4n) is 3.76. The molecule has 34 heavy (non-hydrogen) atoms. The Labute approximate surface area is 197 Å². The lowest BCUT2D eigenvalue weighted by atomic mass is 10.0. The molecule has 7 nitrogen and oxygen atoms in total. The van der Waals surface area contributed by atoms with Crippen molar-refractivity contribution in [2.45, 2.75) is 19.3 Å². The Morgan fingerprint density at radius 1 is 0.941 bits per heavy atom. The maximum Gasteiger partial charge on any atom is 0.411 e. The Kier molecular flexibility index (Phi) is 7.72. The van der Waals surface area contributed by atoms with E-state index in [1.165, 1.54) is 11.0 Å². The monoisotopic (exact) mass is 463 g/mol. The molecular formula is C26H26FN3O4. The number of anilines is 1. The highest BCUT2D eigenvalue weighted by Crippen LogP contribution is 2.27. The van der Waals surface area contributed by atoms with Gasteiger partial charge in [0.1, 0.15) is 19.0 Å². The summed E-state index contributed by atoms with van der Waals surface area (Å²) in [7, 11) is 0. The van der Waals surface area contributed by atoms with Gasteiger partial charge < -0.3 is 14.8 Å². The van der Waals surface area contributed by atoms with Crippen molar-refractivity contribution in [1.29, 1.82) is 0 Å². The van der Waals surface area contributed by atoms with Crippen LogP contribution in [0, 0.1) is 5.82 Å². The topological polar surface area (TPSA) is 79.9 Å². The van der Waals surface area contributed by atoms with Gasteiger partial charge in [-0.1, -0.05) is 66.7 Å². The molecule has 1 atom stereocenters. The highest BCUT2D eigenvalue weighted by Gasteiger charge is 2.31. The van der Waals surface area contributed by atoms with Gasteiger partial charge in [-0.3, -0.25) is 10.2 Å². The average Bonchev–Trinajstić information content (AvgIpc) is 2.87. The molecule has 1 aliphatic heterocycles. The number of nitrogens with one attached hydrogen (secondary N) is 2. The smallest absolute Gasteiger partial charge is 0.411 e. The second kappa shape index (κ2) is 11.3. The minimum absolute atomic E-state index is 0.112. The summed E-state index contributed by atoms with van der Waals surface area (Å²) in [5.41, 5.74) is 2.33. The molecule has 0 bridgehead atoms. The minimum Gasteiger partial charge on any atom is -0.445 e. The Morgan fingerprint density at radius 3 is 2.24 bits per heavy atom. The number of amides is 2. The van der Waals surface area contributed by atoms with E-state index in [1.54, 1.807) is 12.1 Å². The predicted molar refractivity (Wildman–Crippen MR) is 126 cm³/mol. The molecule has 0 radical (unpaired) electrons. The van der Waals surface area contributed by atoms with Crippen molar-refractivity contribution in [2.24, 2.45) is 0 Å². The van der Waals surface area contributed by atoms with E-state index in [1.807, 2.05) is 60.7 Å². The predicted octanol–water partition coefficient (Wildman–Crippen LogP) is 4.86. The van der Waals surface area contributed by atoms with Gasteiger partial charge in [-0.2, -0.15) is 0 Å². The first kappa shape index (κ1) is 23.3. The number of carbonyl (C=O) groups is 2. The number of hydrogen-bond acceptors (Lipinski definition) is 5. The molecule has 0 saturated carbocycles. The van der Waals surface area contributed by atoms with Crippen LogP contribution in [0.1, 0.15) is 22.7 Å². The lowest BCUT2D eigenvalue weighted by molar-refractivity contribution is 0.0713. The zero-order valence-corrected chi connectivity index (χ0v) is 18.6. The van der Waals surface area contributed by atoms with E-state index in [9.17, 15) is 9.59 Å². The summed E-state index contributed by atoms with van der Waals surface area (Å²) < 4.78 is 25.7. The number of ether oxygens (including phenoxy) is 2. The number of halogens is 1. The van der Waals surface area contributed by atoms with Crippen molar-refractivity contribution in [1.82, 2.24) is 10.2 Å². The molecule has 1 unspecified atom stereocenters. The molecule has 0 aromatic heterocycles. The van der Waals surface area contributed by atoms with Crippen molar-refractivity contribution in [2.75, 3.05) is 25.0 Å². The molecule has 1 aliphatic rings. The zero-order chi connectivity index (χ0) is 23.8. The molecule has 2 amide bonds. The van der Waals surface area contributed by atoms with E-state index in [4.69, 9.17) is 9.47 Å². The second-order valence-corrected chi connectivity index (χ2v) is 7.88. The zero-order valence-electron chi connectivity index (χ0n) is 18.6. The molecular weight excluding hydrogens is 437 g/mol. The quantitative estimate of drug-likeness (QED) is 0.546. The maximum atomic E-state index is 15.0. The lowest BCUT2D eigenvalue weighted by Gasteiger charge is -2.35. The molecule has 0 spiro atoms. The molecule has 2 N–H and O–H groups in total. The Balaban J connectivity index is 1.37. The summed E-state index contributed by atoms with van der Waals surface area (Å²) in [5.74, 6) is -0.532.